The van der Waals surface area contributed by atoms with E-state index in [1.807, 2.05) is 12.3 Å². The highest BCUT2D eigenvalue weighted by atomic mass is 35.5. The number of hydrogen-bond acceptors (Lipinski definition) is 7. The Morgan fingerprint density at radius 2 is 1.75 bits per heavy atom. The Morgan fingerprint density at radius 1 is 1.06 bits per heavy atom. The smallest absolute Gasteiger partial charge is 0.336 e. The maximum atomic E-state index is 13.3. The number of carbonyl (C=O) groups excluding carboxylic acids is 1. The summed E-state index contributed by atoms with van der Waals surface area (Å²) < 4.78 is 5.67. The predicted molar refractivity (Wildman–Crippen MR) is 137 cm³/mol. The van der Waals surface area contributed by atoms with Crippen molar-refractivity contribution in [3.63, 3.8) is 0 Å². The van der Waals surface area contributed by atoms with Crippen molar-refractivity contribution >= 4 is 23.5 Å². The average molecular weight is 511 g/mol. The number of allylic oxidation sites excluding steroid dienone is 2. The highest BCUT2D eigenvalue weighted by Gasteiger charge is 2.38. The number of halogens is 1. The standard InChI is InChI=1S/C27H31ClN4O4/c1-18-23(26(33)34)25(21-7-3-4-8-22(21)28)24(19(2)30-18)27(35)36-15-14-31-10-12-32(13-11-31)17-20-6-5-9-29-16-20/h3-9,16,25,30H,10-15,17H2,1-2H3,(H,33,34). The largest absolute Gasteiger partial charge is 0.478 e. The lowest BCUT2D eigenvalue weighted by molar-refractivity contribution is -0.140. The Kier molecular flexibility index (Phi) is 8.40. The fraction of sp³-hybridized carbons (Fsp3) is 0.370. The van der Waals surface area contributed by atoms with Crippen LogP contribution in [0.5, 0.6) is 0 Å². The molecule has 1 saturated heterocycles. The van der Waals surface area contributed by atoms with Crippen LogP contribution in [0.1, 0.15) is 30.9 Å². The Bertz CT molecular complexity index is 1170. The monoisotopic (exact) mass is 510 g/mol. The molecule has 3 heterocycles. The van der Waals surface area contributed by atoms with Crippen molar-refractivity contribution < 1.29 is 19.4 Å². The maximum Gasteiger partial charge on any atom is 0.336 e. The van der Waals surface area contributed by atoms with Gasteiger partial charge in [0.25, 0.3) is 0 Å². The molecule has 2 aliphatic heterocycles. The fourth-order valence-corrected chi connectivity index (χ4v) is 5.08. The molecule has 1 atom stereocenters. The summed E-state index contributed by atoms with van der Waals surface area (Å²) in [5.41, 5.74) is 3.16. The Labute approximate surface area is 216 Å². The molecule has 2 aliphatic rings. The van der Waals surface area contributed by atoms with Gasteiger partial charge in [-0.05, 0) is 37.1 Å². The molecule has 0 amide bonds. The molecule has 9 heteroatoms. The molecule has 190 valence electrons. The van der Waals surface area contributed by atoms with E-state index in [0.717, 1.165) is 32.7 Å². The highest BCUT2D eigenvalue weighted by Crippen LogP contribution is 2.41. The number of pyridine rings is 1. The zero-order valence-corrected chi connectivity index (χ0v) is 21.3. The van der Waals surface area contributed by atoms with Crippen molar-refractivity contribution in [1.82, 2.24) is 20.1 Å². The minimum Gasteiger partial charge on any atom is -0.478 e. The van der Waals surface area contributed by atoms with Crippen LogP contribution < -0.4 is 5.32 Å². The number of nitrogens with one attached hydrogen (secondary N) is 1. The van der Waals surface area contributed by atoms with Crippen molar-refractivity contribution in [2.45, 2.75) is 26.3 Å². The van der Waals surface area contributed by atoms with Gasteiger partial charge in [0.1, 0.15) is 6.61 Å². The van der Waals surface area contributed by atoms with Crippen molar-refractivity contribution in [2.24, 2.45) is 0 Å². The lowest BCUT2D eigenvalue weighted by Gasteiger charge is -2.34. The number of dihydropyridines is 1. The van der Waals surface area contributed by atoms with Crippen LogP contribution in [0.4, 0.5) is 0 Å². The molecule has 36 heavy (non-hydrogen) atoms. The second-order valence-corrected chi connectivity index (χ2v) is 9.48. The van der Waals surface area contributed by atoms with Crippen LogP contribution in [0.3, 0.4) is 0 Å². The molecule has 0 aliphatic carbocycles. The first-order chi connectivity index (χ1) is 17.3. The minimum atomic E-state index is -1.10. The zero-order valence-electron chi connectivity index (χ0n) is 20.5. The number of carbonyl (C=O) groups is 2. The Hall–Kier alpha value is -3.20. The summed E-state index contributed by atoms with van der Waals surface area (Å²) in [6, 6.07) is 11.0. The first-order valence-electron chi connectivity index (χ1n) is 12.0. The number of esters is 1. The number of rotatable bonds is 8. The van der Waals surface area contributed by atoms with Gasteiger partial charge in [-0.2, -0.15) is 0 Å². The van der Waals surface area contributed by atoms with Crippen LogP contribution in [-0.2, 0) is 20.9 Å². The van der Waals surface area contributed by atoms with Crippen LogP contribution in [0.2, 0.25) is 5.02 Å². The molecular formula is C27H31ClN4O4. The fourth-order valence-electron chi connectivity index (χ4n) is 4.83. The third kappa shape index (κ3) is 5.95. The van der Waals surface area contributed by atoms with E-state index >= 15 is 0 Å². The summed E-state index contributed by atoms with van der Waals surface area (Å²) in [6.45, 7) is 8.77. The average Bonchev–Trinajstić information content (AvgIpc) is 2.85. The number of benzene rings is 1. The molecule has 0 radical (unpaired) electrons. The highest BCUT2D eigenvalue weighted by molar-refractivity contribution is 6.31. The number of ether oxygens (including phenoxy) is 1. The summed E-state index contributed by atoms with van der Waals surface area (Å²) >= 11 is 6.44. The SMILES string of the molecule is CC1=C(C(=O)O)C(c2ccccc2Cl)C(C(=O)OCCN2CCN(Cc3cccnc3)CC2)=C(C)N1. The molecule has 0 bridgehead atoms. The number of aliphatic carboxylic acids is 1. The van der Waals surface area contributed by atoms with Crippen molar-refractivity contribution in [1.29, 1.82) is 0 Å². The van der Waals surface area contributed by atoms with E-state index in [1.165, 1.54) is 5.56 Å². The normalized spacial score (nSPS) is 19.2. The van der Waals surface area contributed by atoms with Gasteiger partial charge in [0.2, 0.25) is 0 Å². The number of aromatic nitrogens is 1. The predicted octanol–water partition coefficient (Wildman–Crippen LogP) is 3.42. The molecule has 8 nitrogen and oxygen atoms in total. The molecule has 1 unspecified atom stereocenters. The van der Waals surface area contributed by atoms with E-state index in [0.29, 0.717) is 28.5 Å². The molecule has 4 rings (SSSR count). The van der Waals surface area contributed by atoms with Crippen LogP contribution in [0.15, 0.2) is 71.3 Å². The van der Waals surface area contributed by atoms with Gasteiger partial charge in [0.15, 0.2) is 0 Å². The number of hydrogen-bond donors (Lipinski definition) is 2. The lowest BCUT2D eigenvalue weighted by Crippen LogP contribution is -2.47. The Morgan fingerprint density at radius 3 is 2.42 bits per heavy atom. The van der Waals surface area contributed by atoms with Gasteiger partial charge in [-0.3, -0.25) is 14.8 Å². The van der Waals surface area contributed by atoms with Gasteiger partial charge in [-0.1, -0.05) is 35.9 Å². The second-order valence-electron chi connectivity index (χ2n) is 9.08. The molecule has 0 spiro atoms. The number of piperazine rings is 1. The van der Waals surface area contributed by atoms with Crippen molar-refractivity contribution in [3.05, 3.63) is 87.5 Å². The van der Waals surface area contributed by atoms with Gasteiger partial charge in [-0.15, -0.1) is 0 Å². The quantitative estimate of drug-likeness (QED) is 0.522. The molecular weight excluding hydrogens is 480 g/mol. The van der Waals surface area contributed by atoms with E-state index < -0.39 is 17.9 Å². The summed E-state index contributed by atoms with van der Waals surface area (Å²) in [4.78, 5) is 34.3. The molecule has 2 N–H and O–H groups in total. The lowest BCUT2D eigenvalue weighted by atomic mass is 9.80. The third-order valence-electron chi connectivity index (χ3n) is 6.66. The Balaban J connectivity index is 1.38. The molecule has 1 aromatic carbocycles. The van der Waals surface area contributed by atoms with E-state index in [4.69, 9.17) is 16.3 Å². The first-order valence-corrected chi connectivity index (χ1v) is 12.4. The van der Waals surface area contributed by atoms with Crippen molar-refractivity contribution in [3.8, 4) is 0 Å². The van der Waals surface area contributed by atoms with Crippen LogP contribution in [-0.4, -0.2) is 71.2 Å². The number of nitrogens with zero attached hydrogens (tertiary/aromatic N) is 3. The van der Waals surface area contributed by atoms with Gasteiger partial charge >= 0.3 is 11.9 Å². The minimum absolute atomic E-state index is 0.0883. The zero-order chi connectivity index (χ0) is 25.7. The van der Waals surface area contributed by atoms with Gasteiger partial charge in [0, 0.05) is 68.1 Å². The van der Waals surface area contributed by atoms with E-state index in [2.05, 4.69) is 26.2 Å². The van der Waals surface area contributed by atoms with Gasteiger partial charge < -0.3 is 15.2 Å². The summed E-state index contributed by atoms with van der Waals surface area (Å²) in [5.74, 6) is -2.46. The van der Waals surface area contributed by atoms with E-state index in [1.54, 1.807) is 44.3 Å². The van der Waals surface area contributed by atoms with Crippen molar-refractivity contribution in [2.75, 3.05) is 39.3 Å². The van der Waals surface area contributed by atoms with Crippen LogP contribution in [0.25, 0.3) is 0 Å². The molecule has 0 saturated carbocycles. The maximum absolute atomic E-state index is 13.3. The second kappa shape index (κ2) is 11.7. The van der Waals surface area contributed by atoms with E-state index in [-0.39, 0.29) is 17.8 Å². The van der Waals surface area contributed by atoms with E-state index in [9.17, 15) is 14.7 Å². The summed E-state index contributed by atoms with van der Waals surface area (Å²) in [6.07, 6.45) is 3.67. The summed E-state index contributed by atoms with van der Waals surface area (Å²) in [7, 11) is 0. The van der Waals surface area contributed by atoms with Crippen LogP contribution >= 0.6 is 11.6 Å². The van der Waals surface area contributed by atoms with Gasteiger partial charge in [-0.25, -0.2) is 9.59 Å². The number of carboxylic acids is 1. The molecule has 2 aromatic rings. The van der Waals surface area contributed by atoms with Crippen LogP contribution in [0, 0.1) is 0 Å². The number of carboxylic acid groups (broad SMARTS) is 1. The molecule has 1 fully saturated rings. The first kappa shape index (κ1) is 25.9. The topological polar surface area (TPSA) is 95.0 Å². The third-order valence-corrected chi connectivity index (χ3v) is 7.01. The van der Waals surface area contributed by atoms with Gasteiger partial charge in [0.05, 0.1) is 17.1 Å². The summed E-state index contributed by atoms with van der Waals surface area (Å²) in [5, 5.41) is 13.4. The molecule has 1 aromatic heterocycles.